The summed E-state index contributed by atoms with van der Waals surface area (Å²) < 4.78 is 39.8. The van der Waals surface area contributed by atoms with Crippen LogP contribution >= 0.6 is 0 Å². The fourth-order valence-corrected chi connectivity index (χ4v) is 4.70. The van der Waals surface area contributed by atoms with Gasteiger partial charge in [0.1, 0.15) is 0 Å². The van der Waals surface area contributed by atoms with Crippen LogP contribution in [0.3, 0.4) is 0 Å². The quantitative estimate of drug-likeness (QED) is 0.231. The number of alkyl halides is 3. The van der Waals surface area contributed by atoms with Crippen LogP contribution in [0.1, 0.15) is 15.9 Å². The second-order valence-corrected chi connectivity index (χ2v) is 9.51. The molecule has 1 N–H and O–H groups in total. The molecule has 0 aliphatic heterocycles. The highest BCUT2D eigenvalue weighted by atomic mass is 19.4. The smallest absolute Gasteiger partial charge is 0.393 e. The summed E-state index contributed by atoms with van der Waals surface area (Å²) in [4.78, 5) is 20.4. The van der Waals surface area contributed by atoms with Gasteiger partial charge in [-0.3, -0.25) is 9.97 Å². The molecule has 0 amide bonds. The van der Waals surface area contributed by atoms with Gasteiger partial charge in [0.25, 0.3) is 0 Å². The van der Waals surface area contributed by atoms with E-state index in [1.54, 1.807) is 47.4 Å². The van der Waals surface area contributed by atoms with E-state index in [0.717, 1.165) is 33.5 Å². The average molecular weight is 551 g/mol. The maximum atomic E-state index is 12.7. The van der Waals surface area contributed by atoms with Gasteiger partial charge in [-0.2, -0.15) is 18.3 Å². The Kier molecular flexibility index (Phi) is 6.55. The summed E-state index contributed by atoms with van der Waals surface area (Å²) in [7, 11) is 0. The Morgan fingerprint density at radius 3 is 2.05 bits per heavy atom. The van der Waals surface area contributed by atoms with Gasteiger partial charge in [-0.05, 0) is 53.1 Å². The molecule has 9 heteroatoms. The molecule has 0 saturated heterocycles. The fraction of sp³-hybridized carbons (Fsp3) is 0.0625. The predicted octanol–water partition coefficient (Wildman–Crippen LogP) is 7.62. The van der Waals surface area contributed by atoms with Crippen LogP contribution in [0, 0.1) is 0 Å². The van der Waals surface area contributed by atoms with Crippen molar-refractivity contribution in [2.75, 3.05) is 0 Å². The Labute approximate surface area is 232 Å². The Morgan fingerprint density at radius 1 is 0.732 bits per heavy atom. The third-order valence-electron chi connectivity index (χ3n) is 6.68. The molecular formula is C32H21F3N4O2. The van der Waals surface area contributed by atoms with Gasteiger partial charge in [-0.25, -0.2) is 9.48 Å². The van der Waals surface area contributed by atoms with E-state index in [1.807, 2.05) is 48.5 Å². The molecule has 0 spiro atoms. The predicted molar refractivity (Wildman–Crippen MR) is 150 cm³/mol. The Hall–Kier alpha value is -5.31. The number of halogens is 3. The molecule has 0 unspecified atom stereocenters. The van der Waals surface area contributed by atoms with Crippen molar-refractivity contribution in [1.82, 2.24) is 19.7 Å². The first-order valence-electron chi connectivity index (χ1n) is 12.6. The third-order valence-corrected chi connectivity index (χ3v) is 6.68. The number of aromatic nitrogens is 4. The van der Waals surface area contributed by atoms with Crippen LogP contribution in [0.2, 0.25) is 0 Å². The van der Waals surface area contributed by atoms with Crippen LogP contribution in [0.25, 0.3) is 50.4 Å². The van der Waals surface area contributed by atoms with Crippen molar-refractivity contribution in [3.8, 4) is 39.3 Å². The molecule has 0 atom stereocenters. The molecular weight excluding hydrogens is 529 g/mol. The topological polar surface area (TPSA) is 80.9 Å². The average Bonchev–Trinajstić information content (AvgIpc) is 3.42. The van der Waals surface area contributed by atoms with Crippen molar-refractivity contribution >= 4 is 17.0 Å². The number of hydrogen-bond donors (Lipinski definition) is 1. The van der Waals surface area contributed by atoms with E-state index in [1.165, 1.54) is 18.2 Å². The van der Waals surface area contributed by atoms with Crippen LogP contribution < -0.4 is 0 Å². The molecule has 0 radical (unpaired) electrons. The van der Waals surface area contributed by atoms with Crippen molar-refractivity contribution in [1.29, 1.82) is 0 Å². The van der Waals surface area contributed by atoms with Gasteiger partial charge in [0.2, 0.25) is 0 Å². The van der Waals surface area contributed by atoms with Crippen LogP contribution in [-0.2, 0) is 6.42 Å². The molecule has 6 nitrogen and oxygen atoms in total. The standard InChI is InChI=1S/C32H21F3N4O2/c33-32(34,35)19-20-4-6-21(7-5-20)22-8-10-23(11-9-22)28-18-30(24-12-13-27-29(17-24)37-15-14-36-27)39(38-28)26-3-1-2-25(16-26)31(40)41/h1-18H,19H2,(H,40,41). The van der Waals surface area contributed by atoms with Gasteiger partial charge in [0, 0.05) is 23.5 Å². The summed E-state index contributed by atoms with van der Waals surface area (Å²) >= 11 is 0. The summed E-state index contributed by atoms with van der Waals surface area (Å²) in [5.41, 5.74) is 7.09. The zero-order chi connectivity index (χ0) is 28.6. The molecule has 0 aliphatic carbocycles. The maximum Gasteiger partial charge on any atom is 0.393 e. The molecule has 0 aliphatic rings. The highest BCUT2D eigenvalue weighted by molar-refractivity contribution is 5.88. The minimum atomic E-state index is -4.25. The van der Waals surface area contributed by atoms with E-state index >= 15 is 0 Å². The molecule has 2 heterocycles. The number of carbonyl (C=O) groups is 1. The Morgan fingerprint density at radius 2 is 1.37 bits per heavy atom. The van der Waals surface area contributed by atoms with Crippen LogP contribution in [0.4, 0.5) is 13.2 Å². The molecule has 0 fully saturated rings. The summed E-state index contributed by atoms with van der Waals surface area (Å²) in [5, 5.41) is 14.4. The van der Waals surface area contributed by atoms with E-state index in [2.05, 4.69) is 9.97 Å². The number of rotatable bonds is 6. The SMILES string of the molecule is O=C(O)c1cccc(-n2nc(-c3ccc(-c4ccc(CC(F)(F)F)cc4)cc3)cc2-c2ccc3nccnc3c2)c1. The number of aromatic carboxylic acids is 1. The van der Waals surface area contributed by atoms with Gasteiger partial charge in [-0.1, -0.05) is 60.7 Å². The lowest BCUT2D eigenvalue weighted by molar-refractivity contribution is -0.127. The first-order chi connectivity index (χ1) is 19.7. The number of carboxylic acids is 1. The lowest BCUT2D eigenvalue weighted by atomic mass is 10.0. The van der Waals surface area contributed by atoms with E-state index in [4.69, 9.17) is 5.10 Å². The van der Waals surface area contributed by atoms with Gasteiger partial charge in [0.15, 0.2) is 0 Å². The molecule has 41 heavy (non-hydrogen) atoms. The molecule has 6 aromatic rings. The van der Waals surface area contributed by atoms with Crippen molar-refractivity contribution in [2.45, 2.75) is 12.6 Å². The summed E-state index contributed by atoms with van der Waals surface area (Å²) in [5.74, 6) is -1.04. The van der Waals surface area contributed by atoms with Gasteiger partial charge in [0.05, 0.1) is 40.1 Å². The molecule has 2 aromatic heterocycles. The normalized spacial score (nSPS) is 11.6. The number of carboxylic acid groups (broad SMARTS) is 1. The second kappa shape index (κ2) is 10.3. The highest BCUT2D eigenvalue weighted by Crippen LogP contribution is 2.32. The molecule has 4 aromatic carbocycles. The van der Waals surface area contributed by atoms with Crippen molar-refractivity contribution in [3.05, 3.63) is 121 Å². The van der Waals surface area contributed by atoms with Gasteiger partial charge >= 0.3 is 12.1 Å². The minimum Gasteiger partial charge on any atom is -0.478 e. The molecule has 202 valence electrons. The van der Waals surface area contributed by atoms with Crippen LogP contribution in [0.15, 0.2) is 109 Å². The van der Waals surface area contributed by atoms with Crippen molar-refractivity contribution in [2.24, 2.45) is 0 Å². The summed E-state index contributed by atoms with van der Waals surface area (Å²) in [6, 6.07) is 28.1. The third kappa shape index (κ3) is 5.56. The van der Waals surface area contributed by atoms with Gasteiger partial charge < -0.3 is 5.11 Å². The van der Waals surface area contributed by atoms with Crippen LogP contribution in [0.5, 0.6) is 0 Å². The first-order valence-corrected chi connectivity index (χ1v) is 12.6. The largest absolute Gasteiger partial charge is 0.478 e. The fourth-order valence-electron chi connectivity index (χ4n) is 4.70. The van der Waals surface area contributed by atoms with E-state index < -0.39 is 18.6 Å². The summed E-state index contributed by atoms with van der Waals surface area (Å²) in [6.07, 6.45) is -1.96. The Bertz CT molecular complexity index is 1880. The zero-order valence-corrected chi connectivity index (χ0v) is 21.4. The second-order valence-electron chi connectivity index (χ2n) is 9.51. The molecule has 6 rings (SSSR count). The summed E-state index contributed by atoms with van der Waals surface area (Å²) in [6.45, 7) is 0. The van der Waals surface area contributed by atoms with Crippen molar-refractivity contribution in [3.63, 3.8) is 0 Å². The first kappa shape index (κ1) is 25.9. The number of fused-ring (bicyclic) bond motifs is 1. The molecule has 0 saturated carbocycles. The number of nitrogens with zero attached hydrogens (tertiary/aromatic N) is 4. The zero-order valence-electron chi connectivity index (χ0n) is 21.4. The van der Waals surface area contributed by atoms with Gasteiger partial charge in [-0.15, -0.1) is 0 Å². The van der Waals surface area contributed by atoms with E-state index in [9.17, 15) is 23.1 Å². The minimum absolute atomic E-state index is 0.139. The number of hydrogen-bond acceptors (Lipinski definition) is 4. The Balaban J connectivity index is 1.39. The monoisotopic (exact) mass is 550 g/mol. The van der Waals surface area contributed by atoms with Crippen LogP contribution in [-0.4, -0.2) is 37.0 Å². The van der Waals surface area contributed by atoms with E-state index in [-0.39, 0.29) is 11.1 Å². The number of benzene rings is 4. The highest BCUT2D eigenvalue weighted by Gasteiger charge is 2.27. The lowest BCUT2D eigenvalue weighted by Crippen LogP contribution is -2.11. The van der Waals surface area contributed by atoms with E-state index in [0.29, 0.717) is 16.9 Å². The van der Waals surface area contributed by atoms with Crippen molar-refractivity contribution < 1.29 is 23.1 Å². The molecule has 0 bridgehead atoms. The maximum absolute atomic E-state index is 12.7. The lowest BCUT2D eigenvalue weighted by Gasteiger charge is -2.09.